The highest BCUT2D eigenvalue weighted by atomic mass is 16.5. The molecule has 0 radical (unpaired) electrons. The van der Waals surface area contributed by atoms with Crippen LogP contribution in [-0.4, -0.2) is 35.9 Å². The van der Waals surface area contributed by atoms with Crippen LogP contribution in [0.1, 0.15) is 125 Å². The predicted octanol–water partition coefficient (Wildman–Crippen LogP) is 7.44. The van der Waals surface area contributed by atoms with Gasteiger partial charge in [-0.1, -0.05) is 65.5 Å². The van der Waals surface area contributed by atoms with Gasteiger partial charge in [0.1, 0.15) is 6.61 Å². The number of aliphatic hydroxyl groups excluding tert-OH is 1. The third kappa shape index (κ3) is 6.01. The van der Waals surface area contributed by atoms with Crippen molar-refractivity contribution in [2.24, 2.45) is 40.4 Å². The fraction of sp³-hybridized carbons (Fsp3) is 0.909. The van der Waals surface area contributed by atoms with E-state index in [0.29, 0.717) is 17.3 Å². The van der Waals surface area contributed by atoms with Gasteiger partial charge in [-0.15, -0.1) is 0 Å². The third-order valence-electron chi connectivity index (χ3n) is 11.9. The summed E-state index contributed by atoms with van der Waals surface area (Å²) < 4.78 is 6.14. The predicted molar refractivity (Wildman–Crippen MR) is 152 cm³/mol. The van der Waals surface area contributed by atoms with Crippen molar-refractivity contribution < 1.29 is 14.6 Å². The molecule has 4 heteroatoms. The molecule has 212 valence electrons. The fourth-order valence-electron chi connectivity index (χ4n) is 9.10. The standard InChI is InChI=1S/C33H57NO3/c1-7-31(4,22-35)34-30(36)21-37-26-16-18-33(6)25(20-26)12-14-27-28-15-13-24(11-9-8-10-23(2)3)32(28,5)19-17-29(27)33/h12,23-24,26-29,35H,7-11,13-22H2,1-6H3,(H,34,36)/t24-,26?,27-,28?,29?,31?,32?,33-/m0/s1. The van der Waals surface area contributed by atoms with E-state index in [2.05, 4.69) is 39.1 Å². The Morgan fingerprint density at radius 2 is 1.95 bits per heavy atom. The van der Waals surface area contributed by atoms with E-state index in [1.807, 2.05) is 13.8 Å². The summed E-state index contributed by atoms with van der Waals surface area (Å²) in [5.41, 5.74) is 1.94. The molecule has 4 aliphatic carbocycles. The van der Waals surface area contributed by atoms with E-state index in [9.17, 15) is 9.90 Å². The number of hydrogen-bond donors (Lipinski definition) is 2. The molecule has 3 saturated carbocycles. The molecule has 0 aliphatic heterocycles. The first-order chi connectivity index (χ1) is 17.5. The molecule has 4 aliphatic rings. The zero-order valence-electron chi connectivity index (χ0n) is 24.9. The maximum absolute atomic E-state index is 12.5. The van der Waals surface area contributed by atoms with E-state index in [4.69, 9.17) is 4.74 Å². The molecule has 1 amide bonds. The van der Waals surface area contributed by atoms with Crippen molar-refractivity contribution >= 4 is 5.91 Å². The number of ether oxygens (including phenoxy) is 1. The largest absolute Gasteiger partial charge is 0.394 e. The second kappa shape index (κ2) is 11.7. The van der Waals surface area contributed by atoms with Crippen molar-refractivity contribution in [3.63, 3.8) is 0 Å². The summed E-state index contributed by atoms with van der Waals surface area (Å²) in [4.78, 5) is 12.5. The van der Waals surface area contributed by atoms with Crippen molar-refractivity contribution in [3.8, 4) is 0 Å². The Bertz CT molecular complexity index is 816. The van der Waals surface area contributed by atoms with Crippen LogP contribution in [0.5, 0.6) is 0 Å². The first-order valence-electron chi connectivity index (χ1n) is 15.8. The summed E-state index contributed by atoms with van der Waals surface area (Å²) in [5.74, 6) is 4.27. The molecule has 0 saturated heterocycles. The van der Waals surface area contributed by atoms with E-state index in [1.54, 1.807) is 5.57 Å². The molecule has 8 atom stereocenters. The van der Waals surface area contributed by atoms with Crippen LogP contribution < -0.4 is 5.32 Å². The first kappa shape index (κ1) is 29.1. The summed E-state index contributed by atoms with van der Waals surface area (Å²) in [6, 6.07) is 0. The number of amides is 1. The number of hydrogen-bond acceptors (Lipinski definition) is 3. The normalized spacial score (nSPS) is 38.8. The Balaban J connectivity index is 1.34. The highest BCUT2D eigenvalue weighted by Crippen LogP contribution is 2.66. The molecule has 0 aromatic rings. The van der Waals surface area contributed by atoms with Crippen LogP contribution in [0.2, 0.25) is 0 Å². The number of allylic oxidation sites excluding steroid dienone is 1. The lowest BCUT2D eigenvalue weighted by atomic mass is 9.47. The van der Waals surface area contributed by atoms with Crippen molar-refractivity contribution in [1.82, 2.24) is 5.32 Å². The number of carbonyl (C=O) groups excluding carboxylic acids is 1. The average Bonchev–Trinajstić information content (AvgIpc) is 3.21. The molecule has 37 heavy (non-hydrogen) atoms. The van der Waals surface area contributed by atoms with Gasteiger partial charge >= 0.3 is 0 Å². The van der Waals surface area contributed by atoms with Gasteiger partial charge in [-0.3, -0.25) is 4.79 Å². The molecule has 4 nitrogen and oxygen atoms in total. The minimum Gasteiger partial charge on any atom is -0.394 e. The van der Waals surface area contributed by atoms with Crippen LogP contribution in [0, 0.1) is 40.4 Å². The molecule has 2 N–H and O–H groups in total. The summed E-state index contributed by atoms with van der Waals surface area (Å²) in [7, 11) is 0. The van der Waals surface area contributed by atoms with Gasteiger partial charge in [0.2, 0.25) is 5.91 Å². The molecule has 0 bridgehead atoms. The van der Waals surface area contributed by atoms with Gasteiger partial charge in [0.05, 0.1) is 18.2 Å². The van der Waals surface area contributed by atoms with Gasteiger partial charge in [-0.25, -0.2) is 0 Å². The van der Waals surface area contributed by atoms with Crippen LogP contribution in [0.15, 0.2) is 11.6 Å². The number of carbonyl (C=O) groups is 1. The van der Waals surface area contributed by atoms with Crippen LogP contribution >= 0.6 is 0 Å². The average molecular weight is 516 g/mol. The Morgan fingerprint density at radius 3 is 2.65 bits per heavy atom. The maximum atomic E-state index is 12.5. The number of nitrogens with one attached hydrogen (secondary N) is 1. The molecular weight excluding hydrogens is 458 g/mol. The van der Waals surface area contributed by atoms with Crippen LogP contribution in [-0.2, 0) is 9.53 Å². The van der Waals surface area contributed by atoms with E-state index in [-0.39, 0.29) is 25.2 Å². The second-order valence-corrected chi connectivity index (χ2v) is 14.6. The molecule has 0 heterocycles. The van der Waals surface area contributed by atoms with Gasteiger partial charge in [0, 0.05) is 0 Å². The van der Waals surface area contributed by atoms with Crippen LogP contribution in [0.3, 0.4) is 0 Å². The molecule has 0 aromatic heterocycles. The Labute approximate surface area is 227 Å². The molecule has 5 unspecified atom stereocenters. The zero-order valence-corrected chi connectivity index (χ0v) is 24.9. The zero-order chi connectivity index (χ0) is 26.8. The van der Waals surface area contributed by atoms with Gasteiger partial charge in [0.25, 0.3) is 0 Å². The molecule has 0 spiro atoms. The Kier molecular flexibility index (Phi) is 9.21. The summed E-state index contributed by atoms with van der Waals surface area (Å²) >= 11 is 0. The lowest BCUT2D eigenvalue weighted by Gasteiger charge is -2.58. The molecule has 4 rings (SSSR count). The number of rotatable bonds is 11. The van der Waals surface area contributed by atoms with E-state index in [0.717, 1.165) is 42.4 Å². The third-order valence-corrected chi connectivity index (χ3v) is 11.9. The number of unbranched alkanes of at least 4 members (excludes halogenated alkanes) is 1. The molecule has 3 fully saturated rings. The molecule has 0 aromatic carbocycles. The SMILES string of the molecule is CCC(C)(CO)NC(=O)COC1CC[C@@]2(C)C(=CC[C@H]3C4CC[C@H](CCCCC(C)C)C4(C)CCC32)C1. The van der Waals surface area contributed by atoms with Crippen molar-refractivity contribution in [2.45, 2.75) is 137 Å². The van der Waals surface area contributed by atoms with E-state index < -0.39 is 5.54 Å². The van der Waals surface area contributed by atoms with Gasteiger partial charge in [0.15, 0.2) is 0 Å². The Hall–Kier alpha value is -0.870. The quantitative estimate of drug-likeness (QED) is 0.222. The van der Waals surface area contributed by atoms with Gasteiger partial charge in [-0.2, -0.15) is 0 Å². The first-order valence-corrected chi connectivity index (χ1v) is 15.8. The lowest BCUT2D eigenvalue weighted by Crippen LogP contribution is -2.51. The highest BCUT2D eigenvalue weighted by Gasteiger charge is 2.58. The van der Waals surface area contributed by atoms with Gasteiger partial charge in [-0.05, 0) is 112 Å². The summed E-state index contributed by atoms with van der Waals surface area (Å²) in [5, 5.41) is 12.5. The number of aliphatic hydroxyl groups is 1. The highest BCUT2D eigenvalue weighted by molar-refractivity contribution is 5.78. The van der Waals surface area contributed by atoms with E-state index in [1.165, 1.54) is 64.2 Å². The van der Waals surface area contributed by atoms with Gasteiger partial charge < -0.3 is 15.2 Å². The van der Waals surface area contributed by atoms with E-state index >= 15 is 0 Å². The minimum atomic E-state index is -0.560. The minimum absolute atomic E-state index is 0.0502. The molecular formula is C33H57NO3. The second-order valence-electron chi connectivity index (χ2n) is 14.6. The van der Waals surface area contributed by atoms with Crippen molar-refractivity contribution in [2.75, 3.05) is 13.2 Å². The smallest absolute Gasteiger partial charge is 0.246 e. The van der Waals surface area contributed by atoms with Crippen molar-refractivity contribution in [3.05, 3.63) is 11.6 Å². The summed E-state index contributed by atoms with van der Waals surface area (Å²) in [6.45, 7) is 13.9. The lowest BCUT2D eigenvalue weighted by molar-refractivity contribution is -0.131. The number of fused-ring (bicyclic) bond motifs is 5. The van der Waals surface area contributed by atoms with Crippen molar-refractivity contribution in [1.29, 1.82) is 0 Å². The monoisotopic (exact) mass is 515 g/mol. The topological polar surface area (TPSA) is 58.6 Å². The summed E-state index contributed by atoms with van der Waals surface area (Å²) in [6.07, 6.45) is 19.4. The fourth-order valence-corrected chi connectivity index (χ4v) is 9.10. The maximum Gasteiger partial charge on any atom is 0.246 e. The van der Waals surface area contributed by atoms with Crippen LogP contribution in [0.4, 0.5) is 0 Å². The Morgan fingerprint density at radius 1 is 1.16 bits per heavy atom. The van der Waals surface area contributed by atoms with Crippen LogP contribution in [0.25, 0.3) is 0 Å².